The topological polar surface area (TPSA) is 106 Å². The smallest absolute Gasteiger partial charge is 0.166 e. The third-order valence-electron chi connectivity index (χ3n) is 5.78. The maximum atomic E-state index is 10.7. The molecule has 1 aliphatic rings. The third kappa shape index (κ3) is 7.13. The molecule has 3 aromatic rings. The van der Waals surface area contributed by atoms with Gasteiger partial charge in [-0.2, -0.15) is 0 Å². The first kappa shape index (κ1) is 24.9. The lowest BCUT2D eigenvalue weighted by atomic mass is 9.96. The number of nitrogens with zero attached hydrogens (tertiary/aromatic N) is 3. The maximum absolute atomic E-state index is 10.7. The molecule has 3 aromatic carbocycles. The largest absolute Gasteiger partial charge is 0.374 e. The first-order valence-electron chi connectivity index (χ1n) is 11.5. The molecule has 8 nitrogen and oxygen atoms in total. The van der Waals surface area contributed by atoms with Crippen LogP contribution >= 0.6 is 0 Å². The molecule has 1 N–H and O–H groups in total. The van der Waals surface area contributed by atoms with Gasteiger partial charge in [-0.15, -0.1) is 0 Å². The van der Waals surface area contributed by atoms with Gasteiger partial charge in [-0.05, 0) is 22.2 Å². The van der Waals surface area contributed by atoms with Gasteiger partial charge in [0.05, 0.1) is 26.4 Å². The highest BCUT2D eigenvalue weighted by Gasteiger charge is 2.46. The molecule has 0 saturated carbocycles. The second kappa shape index (κ2) is 13.0. The summed E-state index contributed by atoms with van der Waals surface area (Å²) in [6, 6.07) is 28.2. The van der Waals surface area contributed by atoms with Crippen LogP contribution in [-0.4, -0.2) is 42.4 Å². The van der Waals surface area contributed by atoms with E-state index < -0.39 is 30.6 Å². The lowest BCUT2D eigenvalue weighted by Crippen LogP contribution is -2.59. The number of hydrogen-bond donors (Lipinski definition) is 1. The maximum Gasteiger partial charge on any atom is 0.166 e. The van der Waals surface area contributed by atoms with Crippen LogP contribution in [0.3, 0.4) is 0 Å². The van der Waals surface area contributed by atoms with Crippen molar-refractivity contribution in [2.45, 2.75) is 50.5 Å². The van der Waals surface area contributed by atoms with Crippen molar-refractivity contribution in [2.24, 2.45) is 5.11 Å². The molecule has 182 valence electrons. The number of benzene rings is 3. The van der Waals surface area contributed by atoms with Gasteiger partial charge >= 0.3 is 0 Å². The number of aliphatic hydroxyl groups is 1. The summed E-state index contributed by atoms with van der Waals surface area (Å²) in [6.07, 6.45) is -3.38. The lowest BCUT2D eigenvalue weighted by molar-refractivity contribution is -0.273. The quantitative estimate of drug-likeness (QED) is 0.244. The molecule has 8 heteroatoms. The SMILES string of the molecule is [N-]=[N+]=N[C@H]1[C@@H](OCc2ccccc2)[C@H](OCc2ccccc2)[C@@H](COCc2ccccc2)O[C@H]1O. The Morgan fingerprint density at radius 3 is 1.74 bits per heavy atom. The van der Waals surface area contributed by atoms with E-state index in [1.165, 1.54) is 0 Å². The van der Waals surface area contributed by atoms with E-state index in [4.69, 9.17) is 24.5 Å². The molecule has 0 aromatic heterocycles. The Labute approximate surface area is 204 Å². The number of azide groups is 1. The number of aliphatic hydroxyl groups excluding tert-OH is 1. The monoisotopic (exact) mass is 475 g/mol. The van der Waals surface area contributed by atoms with Gasteiger partial charge in [0.15, 0.2) is 6.29 Å². The minimum absolute atomic E-state index is 0.166. The Morgan fingerprint density at radius 1 is 0.743 bits per heavy atom. The molecule has 1 aliphatic heterocycles. The van der Waals surface area contributed by atoms with Crippen molar-refractivity contribution in [3.05, 3.63) is 118 Å². The van der Waals surface area contributed by atoms with Crippen LogP contribution in [0.2, 0.25) is 0 Å². The Morgan fingerprint density at radius 2 is 1.23 bits per heavy atom. The molecule has 1 saturated heterocycles. The molecule has 5 atom stereocenters. The van der Waals surface area contributed by atoms with Crippen molar-refractivity contribution in [3.63, 3.8) is 0 Å². The summed E-state index contributed by atoms with van der Waals surface area (Å²) in [5.74, 6) is 0. The van der Waals surface area contributed by atoms with Gasteiger partial charge in [0.1, 0.15) is 24.4 Å². The summed E-state index contributed by atoms with van der Waals surface area (Å²) in [6.45, 7) is 1.11. The zero-order valence-corrected chi connectivity index (χ0v) is 19.3. The van der Waals surface area contributed by atoms with E-state index in [0.717, 1.165) is 16.7 Å². The molecule has 1 heterocycles. The van der Waals surface area contributed by atoms with Gasteiger partial charge in [0.25, 0.3) is 0 Å². The normalized spacial score (nSPS) is 24.0. The number of hydrogen-bond acceptors (Lipinski definition) is 6. The van der Waals surface area contributed by atoms with E-state index in [0.29, 0.717) is 13.2 Å². The minimum Gasteiger partial charge on any atom is -0.374 e. The first-order chi connectivity index (χ1) is 17.2. The fraction of sp³-hybridized carbons (Fsp3) is 0.333. The summed E-state index contributed by atoms with van der Waals surface area (Å²) < 4.78 is 24.3. The van der Waals surface area contributed by atoms with Crippen molar-refractivity contribution >= 4 is 0 Å². The third-order valence-corrected chi connectivity index (χ3v) is 5.78. The van der Waals surface area contributed by atoms with Gasteiger partial charge in [0.2, 0.25) is 0 Å². The number of rotatable bonds is 11. The average molecular weight is 476 g/mol. The molecule has 0 unspecified atom stereocenters. The molecular weight excluding hydrogens is 446 g/mol. The summed E-state index contributed by atoms with van der Waals surface area (Å²) in [5, 5.41) is 14.5. The van der Waals surface area contributed by atoms with Crippen LogP contribution in [0.4, 0.5) is 0 Å². The van der Waals surface area contributed by atoms with Crippen molar-refractivity contribution in [1.82, 2.24) is 0 Å². The van der Waals surface area contributed by atoms with E-state index in [1.54, 1.807) is 0 Å². The van der Waals surface area contributed by atoms with E-state index >= 15 is 0 Å². The van der Waals surface area contributed by atoms with Gasteiger partial charge in [-0.1, -0.05) is 96.1 Å². The second-order valence-corrected chi connectivity index (χ2v) is 8.28. The molecule has 4 rings (SSSR count). The summed E-state index contributed by atoms with van der Waals surface area (Å²) in [7, 11) is 0. The first-order valence-corrected chi connectivity index (χ1v) is 11.5. The minimum atomic E-state index is -1.35. The molecule has 0 amide bonds. The van der Waals surface area contributed by atoms with Crippen LogP contribution in [0.25, 0.3) is 10.4 Å². The van der Waals surface area contributed by atoms with Crippen LogP contribution in [0.1, 0.15) is 16.7 Å². The van der Waals surface area contributed by atoms with Crippen molar-refractivity contribution in [2.75, 3.05) is 6.61 Å². The predicted octanol–water partition coefficient (Wildman–Crippen LogP) is 4.77. The zero-order chi connectivity index (χ0) is 24.3. The second-order valence-electron chi connectivity index (χ2n) is 8.28. The van der Waals surface area contributed by atoms with Crippen LogP contribution in [0.15, 0.2) is 96.1 Å². The highest BCUT2D eigenvalue weighted by atomic mass is 16.7. The van der Waals surface area contributed by atoms with E-state index in [1.807, 2.05) is 91.0 Å². The van der Waals surface area contributed by atoms with Crippen LogP contribution in [0, 0.1) is 0 Å². The molecule has 0 spiro atoms. The van der Waals surface area contributed by atoms with Crippen LogP contribution < -0.4 is 0 Å². The fourth-order valence-corrected chi connectivity index (χ4v) is 4.02. The Balaban J connectivity index is 1.52. The van der Waals surface area contributed by atoms with E-state index in [9.17, 15) is 5.11 Å². The summed E-state index contributed by atoms with van der Waals surface area (Å²) >= 11 is 0. The zero-order valence-electron chi connectivity index (χ0n) is 19.3. The van der Waals surface area contributed by atoms with E-state index in [2.05, 4.69) is 10.0 Å². The van der Waals surface area contributed by atoms with Crippen molar-refractivity contribution < 1.29 is 24.1 Å². The average Bonchev–Trinajstić information content (AvgIpc) is 2.90. The van der Waals surface area contributed by atoms with E-state index in [-0.39, 0.29) is 13.2 Å². The molecule has 0 bridgehead atoms. The van der Waals surface area contributed by atoms with Crippen molar-refractivity contribution in [1.29, 1.82) is 0 Å². The van der Waals surface area contributed by atoms with Gasteiger partial charge in [-0.3, -0.25) is 0 Å². The van der Waals surface area contributed by atoms with Crippen LogP contribution in [-0.2, 0) is 38.8 Å². The molecule has 0 radical (unpaired) electrons. The van der Waals surface area contributed by atoms with Gasteiger partial charge in [-0.25, -0.2) is 0 Å². The van der Waals surface area contributed by atoms with Gasteiger partial charge in [0, 0.05) is 4.91 Å². The summed E-state index contributed by atoms with van der Waals surface area (Å²) in [5.41, 5.74) is 12.1. The Hall–Kier alpha value is -3.23. The number of ether oxygens (including phenoxy) is 4. The Kier molecular flexibility index (Phi) is 9.25. The molecule has 0 aliphatic carbocycles. The van der Waals surface area contributed by atoms with Crippen molar-refractivity contribution in [3.8, 4) is 0 Å². The molecule has 35 heavy (non-hydrogen) atoms. The summed E-state index contributed by atoms with van der Waals surface area (Å²) in [4.78, 5) is 2.91. The Bertz CT molecular complexity index is 1060. The van der Waals surface area contributed by atoms with Gasteiger partial charge < -0.3 is 24.1 Å². The predicted molar refractivity (Wildman–Crippen MR) is 130 cm³/mol. The standard InChI is InChI=1S/C27H29N3O5/c28-30-29-24-26(34-18-22-14-8-3-9-15-22)25(33-17-21-12-6-2-7-13-21)23(35-27(24)31)19-32-16-20-10-4-1-5-11-20/h1-15,23-27,31H,16-19H2/t23-,24+,25-,26-,27-/m1/s1. The lowest BCUT2D eigenvalue weighted by Gasteiger charge is -2.43. The highest BCUT2D eigenvalue weighted by molar-refractivity contribution is 5.15. The highest BCUT2D eigenvalue weighted by Crippen LogP contribution is 2.29. The van der Waals surface area contributed by atoms with Crippen LogP contribution in [0.5, 0.6) is 0 Å². The molecule has 1 fully saturated rings. The fourth-order valence-electron chi connectivity index (χ4n) is 4.02. The molecular formula is C27H29N3O5.